The zero-order valence-electron chi connectivity index (χ0n) is 17.4. The van der Waals surface area contributed by atoms with Gasteiger partial charge in [-0.2, -0.15) is 0 Å². The van der Waals surface area contributed by atoms with Crippen molar-refractivity contribution in [2.75, 3.05) is 52.1 Å². The number of benzene rings is 2. The fraction of sp³-hybridized carbons (Fsp3) is 0.458. The van der Waals surface area contributed by atoms with E-state index in [2.05, 4.69) is 45.4 Å². The van der Waals surface area contributed by atoms with Crippen molar-refractivity contribution in [1.29, 1.82) is 0 Å². The predicted molar refractivity (Wildman–Crippen MR) is 120 cm³/mol. The molecule has 158 valence electrons. The molecule has 4 aliphatic heterocycles. The summed E-state index contributed by atoms with van der Waals surface area (Å²) in [6.45, 7) is 6.49. The highest BCUT2D eigenvalue weighted by Crippen LogP contribution is 2.43. The molecule has 4 fully saturated rings. The number of methoxy groups -OCH3 is 1. The van der Waals surface area contributed by atoms with Crippen LogP contribution in [0.15, 0.2) is 59.5 Å². The van der Waals surface area contributed by atoms with E-state index in [-0.39, 0.29) is 17.4 Å². The summed E-state index contributed by atoms with van der Waals surface area (Å²) in [4.78, 5) is 19.3. The fourth-order valence-corrected chi connectivity index (χ4v) is 6.38. The summed E-state index contributed by atoms with van der Waals surface area (Å²) < 4.78 is 5.30. The number of hydrogen-bond acceptors (Lipinski definition) is 5. The molecule has 0 radical (unpaired) electrons. The summed E-state index contributed by atoms with van der Waals surface area (Å²) in [7, 11) is 1.67. The van der Waals surface area contributed by atoms with Crippen LogP contribution in [-0.4, -0.2) is 73.9 Å². The van der Waals surface area contributed by atoms with Crippen LogP contribution < -0.4 is 10.1 Å². The third-order valence-corrected chi connectivity index (χ3v) is 7.87. The molecule has 6 heteroatoms. The van der Waals surface area contributed by atoms with Gasteiger partial charge in [-0.05, 0) is 23.8 Å². The second-order valence-electron chi connectivity index (χ2n) is 8.77. The molecule has 4 saturated heterocycles. The Morgan fingerprint density at radius 3 is 2.53 bits per heavy atom. The number of carbonyl (C=O) groups excluding carboxylic acids is 1. The van der Waals surface area contributed by atoms with Crippen molar-refractivity contribution in [3.05, 3.63) is 60.2 Å². The highest BCUT2D eigenvalue weighted by molar-refractivity contribution is 8.00. The minimum Gasteiger partial charge on any atom is -0.497 e. The van der Waals surface area contributed by atoms with Gasteiger partial charge in [0, 0.05) is 61.5 Å². The zero-order chi connectivity index (χ0) is 20.6. The van der Waals surface area contributed by atoms with Crippen LogP contribution >= 0.6 is 11.8 Å². The van der Waals surface area contributed by atoms with E-state index in [1.165, 1.54) is 5.56 Å². The van der Waals surface area contributed by atoms with Crippen molar-refractivity contribution < 1.29 is 9.53 Å². The number of carbonyl (C=O) groups is 1. The summed E-state index contributed by atoms with van der Waals surface area (Å²) in [5, 5.41) is 3.48. The molecule has 6 rings (SSSR count). The van der Waals surface area contributed by atoms with Crippen LogP contribution in [0.25, 0.3) is 0 Å². The normalized spacial score (nSPS) is 31.9. The molecule has 0 saturated carbocycles. The lowest BCUT2D eigenvalue weighted by atomic mass is 9.64. The van der Waals surface area contributed by atoms with Crippen LogP contribution in [0.4, 0.5) is 0 Å². The maximum Gasteiger partial charge on any atom is 0.230 e. The van der Waals surface area contributed by atoms with Crippen molar-refractivity contribution in [2.24, 2.45) is 5.92 Å². The lowest BCUT2D eigenvalue weighted by Crippen LogP contribution is -2.70. The SMILES string of the molecule is COc1cccc(SCC(=O)N[C@H]2C3CN4CCN(C3)CC2(c2ccccc2)C4)c1. The van der Waals surface area contributed by atoms with Gasteiger partial charge in [-0.1, -0.05) is 36.4 Å². The van der Waals surface area contributed by atoms with Gasteiger partial charge in [0.05, 0.1) is 12.9 Å². The molecule has 1 N–H and O–H groups in total. The number of ether oxygens (including phenoxy) is 1. The molecule has 1 amide bonds. The van der Waals surface area contributed by atoms with E-state index in [1.807, 2.05) is 24.3 Å². The van der Waals surface area contributed by atoms with Crippen molar-refractivity contribution >= 4 is 17.7 Å². The topological polar surface area (TPSA) is 44.8 Å². The van der Waals surface area contributed by atoms with Crippen molar-refractivity contribution in [1.82, 2.24) is 15.1 Å². The number of hydrogen-bond donors (Lipinski definition) is 1. The van der Waals surface area contributed by atoms with Crippen LogP contribution in [0, 0.1) is 5.92 Å². The number of fused-ring (bicyclic) bond motifs is 1. The Kier molecular flexibility index (Phi) is 5.48. The molecule has 30 heavy (non-hydrogen) atoms. The molecule has 5 nitrogen and oxygen atoms in total. The third kappa shape index (κ3) is 3.72. The monoisotopic (exact) mass is 423 g/mol. The molecule has 4 heterocycles. The summed E-state index contributed by atoms with van der Waals surface area (Å²) in [5.41, 5.74) is 1.33. The van der Waals surface area contributed by atoms with E-state index in [0.717, 1.165) is 49.9 Å². The van der Waals surface area contributed by atoms with Gasteiger partial charge in [0.15, 0.2) is 0 Å². The first-order valence-corrected chi connectivity index (χ1v) is 11.7. The molecule has 3 atom stereocenters. The number of piperidine rings is 2. The maximum absolute atomic E-state index is 13.0. The van der Waals surface area contributed by atoms with Crippen LogP contribution in [0.3, 0.4) is 0 Å². The Morgan fingerprint density at radius 2 is 1.83 bits per heavy atom. The van der Waals surface area contributed by atoms with Gasteiger partial charge in [-0.3, -0.25) is 4.79 Å². The Hall–Kier alpha value is -2.02. The zero-order valence-corrected chi connectivity index (χ0v) is 18.2. The summed E-state index contributed by atoms with van der Waals surface area (Å²) in [6.07, 6.45) is 0. The van der Waals surface area contributed by atoms with E-state index < -0.39 is 0 Å². The Balaban J connectivity index is 1.35. The second kappa shape index (κ2) is 8.25. The number of rotatable bonds is 6. The molecule has 4 aliphatic rings. The molecular weight excluding hydrogens is 394 g/mol. The molecule has 0 spiro atoms. The first-order valence-electron chi connectivity index (χ1n) is 10.7. The maximum atomic E-state index is 13.0. The molecule has 4 bridgehead atoms. The van der Waals surface area contributed by atoms with Gasteiger partial charge in [0.1, 0.15) is 5.75 Å². The van der Waals surface area contributed by atoms with E-state index >= 15 is 0 Å². The lowest BCUT2D eigenvalue weighted by molar-refractivity contribution is -0.121. The highest BCUT2D eigenvalue weighted by atomic mass is 32.2. The van der Waals surface area contributed by atoms with E-state index in [1.54, 1.807) is 18.9 Å². The average Bonchev–Trinajstić information content (AvgIpc) is 3.03. The van der Waals surface area contributed by atoms with Crippen molar-refractivity contribution in [2.45, 2.75) is 16.4 Å². The molecule has 2 unspecified atom stereocenters. The molecule has 0 aromatic heterocycles. The lowest BCUT2D eigenvalue weighted by Gasteiger charge is -2.55. The smallest absolute Gasteiger partial charge is 0.230 e. The third-order valence-electron chi connectivity index (χ3n) is 6.87. The average molecular weight is 424 g/mol. The molecular formula is C24H29N3O2S. The van der Waals surface area contributed by atoms with Crippen molar-refractivity contribution in [3.8, 4) is 5.75 Å². The fourth-order valence-electron chi connectivity index (χ4n) is 5.62. The van der Waals surface area contributed by atoms with Gasteiger partial charge < -0.3 is 19.9 Å². The van der Waals surface area contributed by atoms with Crippen molar-refractivity contribution in [3.63, 3.8) is 0 Å². The Bertz CT molecular complexity index is 890. The Morgan fingerprint density at radius 1 is 1.10 bits per heavy atom. The van der Waals surface area contributed by atoms with Gasteiger partial charge in [0.25, 0.3) is 0 Å². The summed E-state index contributed by atoms with van der Waals surface area (Å²) >= 11 is 1.57. The van der Waals surface area contributed by atoms with E-state index in [0.29, 0.717) is 11.7 Å². The molecule has 2 aromatic rings. The van der Waals surface area contributed by atoms with E-state index in [9.17, 15) is 4.79 Å². The van der Waals surface area contributed by atoms with Gasteiger partial charge >= 0.3 is 0 Å². The van der Waals surface area contributed by atoms with Gasteiger partial charge in [0.2, 0.25) is 5.91 Å². The number of amides is 1. The first-order chi connectivity index (χ1) is 14.7. The number of nitrogens with one attached hydrogen (secondary N) is 1. The van der Waals surface area contributed by atoms with Crippen LogP contribution in [0.2, 0.25) is 0 Å². The van der Waals surface area contributed by atoms with Gasteiger partial charge in [-0.15, -0.1) is 11.8 Å². The van der Waals surface area contributed by atoms with Gasteiger partial charge in [-0.25, -0.2) is 0 Å². The number of nitrogens with zero attached hydrogens (tertiary/aromatic N) is 2. The number of thioether (sulfide) groups is 1. The second-order valence-corrected chi connectivity index (χ2v) is 9.81. The molecule has 2 aromatic carbocycles. The summed E-state index contributed by atoms with van der Waals surface area (Å²) in [6, 6.07) is 18.9. The minimum atomic E-state index is -0.0325. The Labute approximate surface area is 182 Å². The highest BCUT2D eigenvalue weighted by Gasteiger charge is 2.55. The summed E-state index contributed by atoms with van der Waals surface area (Å²) in [5.74, 6) is 1.85. The standard InChI is InChI=1S/C24H29N3O2S/c1-29-20-8-5-9-21(12-20)30-15-22(28)25-23-18-13-26-10-11-27(14-18)17-24(23,16-26)19-6-3-2-4-7-19/h2-9,12,18,23H,10-11,13-17H2,1H3,(H,25,28)/t18?,23-,24?/m0/s1. The molecule has 0 aliphatic carbocycles. The van der Waals surface area contributed by atoms with E-state index in [4.69, 9.17) is 4.74 Å². The predicted octanol–water partition coefficient (Wildman–Crippen LogP) is 2.47. The minimum absolute atomic E-state index is 0.0325. The van der Waals surface area contributed by atoms with Crippen LogP contribution in [-0.2, 0) is 10.2 Å². The largest absolute Gasteiger partial charge is 0.497 e. The first kappa shape index (κ1) is 19.9. The quantitative estimate of drug-likeness (QED) is 0.724. The van der Waals surface area contributed by atoms with Crippen LogP contribution in [0.1, 0.15) is 5.56 Å². The van der Waals surface area contributed by atoms with Crippen LogP contribution in [0.5, 0.6) is 5.75 Å².